The summed E-state index contributed by atoms with van der Waals surface area (Å²) in [6, 6.07) is -0.893. The lowest BCUT2D eigenvalue weighted by Gasteiger charge is -2.07. The van der Waals surface area contributed by atoms with Crippen LogP contribution in [0.2, 0.25) is 0 Å². The molecule has 1 amide bonds. The molecule has 3 N–H and O–H groups in total. The van der Waals surface area contributed by atoms with Crippen molar-refractivity contribution in [1.82, 2.24) is 10.6 Å². The van der Waals surface area contributed by atoms with E-state index in [1.807, 2.05) is 0 Å². The zero-order valence-electron chi connectivity index (χ0n) is 6.82. The predicted octanol–water partition coefficient (Wildman–Crippen LogP) is -1.88. The third kappa shape index (κ3) is 2.51. The molecule has 1 heterocycles. The number of carboxylic acid groups (broad SMARTS) is 1. The molecule has 0 saturated carbocycles. The summed E-state index contributed by atoms with van der Waals surface area (Å²) in [5.41, 5.74) is 0. The van der Waals surface area contributed by atoms with Crippen molar-refractivity contribution in [2.45, 2.75) is 18.5 Å². The van der Waals surface area contributed by atoms with Crippen LogP contribution < -0.4 is 10.6 Å². The summed E-state index contributed by atoms with van der Waals surface area (Å²) in [6.07, 6.45) is 0.489. The number of amides is 1. The van der Waals surface area contributed by atoms with Crippen molar-refractivity contribution in [3.8, 4) is 0 Å². The van der Waals surface area contributed by atoms with E-state index >= 15 is 0 Å². The molecule has 0 spiro atoms. The lowest BCUT2D eigenvalue weighted by molar-refractivity contribution is -0.139. The average molecular weight is 186 g/mol. The number of aldehydes is 1. The summed E-state index contributed by atoms with van der Waals surface area (Å²) in [5, 5.41) is 13.7. The van der Waals surface area contributed by atoms with Gasteiger partial charge in [-0.2, -0.15) is 0 Å². The van der Waals surface area contributed by atoms with E-state index in [0.717, 1.165) is 0 Å². The number of hydrogen-bond acceptors (Lipinski definition) is 4. The van der Waals surface area contributed by atoms with Crippen molar-refractivity contribution >= 4 is 18.2 Å². The third-order valence-corrected chi connectivity index (χ3v) is 1.88. The van der Waals surface area contributed by atoms with E-state index < -0.39 is 17.9 Å². The second-order valence-corrected chi connectivity index (χ2v) is 2.86. The van der Waals surface area contributed by atoms with Crippen molar-refractivity contribution in [2.75, 3.05) is 6.54 Å². The molecular formula is C7H10N2O4. The Kier molecular flexibility index (Phi) is 2.97. The SMILES string of the molecule is O=CC(=O)NC1CN[C@H](C(=O)O)C1. The van der Waals surface area contributed by atoms with Gasteiger partial charge < -0.3 is 15.7 Å². The number of carbonyl (C=O) groups excluding carboxylic acids is 2. The van der Waals surface area contributed by atoms with Crippen molar-refractivity contribution in [1.29, 1.82) is 0 Å². The Bertz CT molecular complexity index is 241. The van der Waals surface area contributed by atoms with Crippen LogP contribution in [-0.4, -0.2) is 41.9 Å². The molecule has 0 aromatic heterocycles. The van der Waals surface area contributed by atoms with E-state index in [2.05, 4.69) is 10.6 Å². The molecule has 6 heteroatoms. The van der Waals surface area contributed by atoms with Crippen LogP contribution in [0.5, 0.6) is 0 Å². The first kappa shape index (κ1) is 9.66. The van der Waals surface area contributed by atoms with Crippen LogP contribution in [0.1, 0.15) is 6.42 Å². The van der Waals surface area contributed by atoms with Gasteiger partial charge in [0.05, 0.1) is 0 Å². The molecule has 1 fully saturated rings. The first-order valence-corrected chi connectivity index (χ1v) is 3.85. The summed E-state index contributed by atoms with van der Waals surface area (Å²) < 4.78 is 0. The number of nitrogens with one attached hydrogen (secondary N) is 2. The van der Waals surface area contributed by atoms with E-state index in [1.54, 1.807) is 0 Å². The fourth-order valence-corrected chi connectivity index (χ4v) is 1.27. The smallest absolute Gasteiger partial charge is 0.320 e. The van der Waals surface area contributed by atoms with E-state index in [9.17, 15) is 14.4 Å². The van der Waals surface area contributed by atoms with E-state index in [-0.39, 0.29) is 12.3 Å². The first-order chi connectivity index (χ1) is 6.13. The molecule has 0 bridgehead atoms. The minimum Gasteiger partial charge on any atom is -0.480 e. The van der Waals surface area contributed by atoms with Crippen LogP contribution in [0.15, 0.2) is 0 Å². The van der Waals surface area contributed by atoms with Crippen LogP contribution in [0.3, 0.4) is 0 Å². The van der Waals surface area contributed by atoms with E-state index in [4.69, 9.17) is 5.11 Å². The monoisotopic (exact) mass is 186 g/mol. The van der Waals surface area contributed by atoms with Crippen molar-refractivity contribution < 1.29 is 19.5 Å². The maximum absolute atomic E-state index is 10.6. The standard InChI is InChI=1S/C7H10N2O4/c10-3-6(11)9-4-1-5(7(12)13)8-2-4/h3-5,8H,1-2H2,(H,9,11)(H,12,13)/t4?,5-/m0/s1. The number of hydrogen-bond donors (Lipinski definition) is 3. The molecule has 6 nitrogen and oxygen atoms in total. The number of carboxylic acids is 1. The zero-order chi connectivity index (χ0) is 9.84. The van der Waals surface area contributed by atoms with Crippen molar-refractivity contribution in [2.24, 2.45) is 0 Å². The lowest BCUT2D eigenvalue weighted by atomic mass is 10.2. The topological polar surface area (TPSA) is 95.5 Å². The summed E-state index contributed by atoms with van der Waals surface area (Å²) in [4.78, 5) is 31.0. The van der Waals surface area contributed by atoms with Crippen LogP contribution in [-0.2, 0) is 14.4 Å². The minimum absolute atomic E-state index is 0.175. The molecule has 0 aliphatic carbocycles. The lowest BCUT2D eigenvalue weighted by Crippen LogP contribution is -2.36. The van der Waals surface area contributed by atoms with Crippen LogP contribution in [0.25, 0.3) is 0 Å². The molecule has 1 unspecified atom stereocenters. The Morgan fingerprint density at radius 3 is 2.69 bits per heavy atom. The van der Waals surface area contributed by atoms with Crippen molar-refractivity contribution in [3.63, 3.8) is 0 Å². The van der Waals surface area contributed by atoms with Gasteiger partial charge in [0.25, 0.3) is 5.91 Å². The fraction of sp³-hybridized carbons (Fsp3) is 0.571. The molecule has 1 saturated heterocycles. The van der Waals surface area contributed by atoms with E-state index in [1.165, 1.54) is 0 Å². The normalized spacial score (nSPS) is 26.8. The number of rotatable bonds is 3. The van der Waals surface area contributed by atoms with Gasteiger partial charge in [-0.1, -0.05) is 0 Å². The van der Waals surface area contributed by atoms with Gasteiger partial charge in [-0.25, -0.2) is 0 Å². The number of carbonyl (C=O) groups is 3. The molecule has 13 heavy (non-hydrogen) atoms. The van der Waals surface area contributed by atoms with Crippen LogP contribution >= 0.6 is 0 Å². The molecule has 72 valence electrons. The summed E-state index contributed by atoms with van der Waals surface area (Å²) in [6.45, 7) is 0.385. The highest BCUT2D eigenvalue weighted by Gasteiger charge is 2.29. The molecular weight excluding hydrogens is 176 g/mol. The summed E-state index contributed by atoms with van der Waals surface area (Å²) in [5.74, 6) is -1.65. The highest BCUT2D eigenvalue weighted by molar-refractivity contribution is 6.23. The van der Waals surface area contributed by atoms with E-state index in [0.29, 0.717) is 13.0 Å². The molecule has 2 atom stereocenters. The predicted molar refractivity (Wildman–Crippen MR) is 42.0 cm³/mol. The summed E-state index contributed by atoms with van der Waals surface area (Å²) in [7, 11) is 0. The zero-order valence-corrected chi connectivity index (χ0v) is 6.82. The van der Waals surface area contributed by atoms with Gasteiger partial charge in [0.1, 0.15) is 6.04 Å². The van der Waals surface area contributed by atoms with Gasteiger partial charge in [-0.3, -0.25) is 14.4 Å². The van der Waals surface area contributed by atoms with Crippen molar-refractivity contribution in [3.05, 3.63) is 0 Å². The fourth-order valence-electron chi connectivity index (χ4n) is 1.27. The Hall–Kier alpha value is -1.43. The van der Waals surface area contributed by atoms with Gasteiger partial charge in [-0.05, 0) is 6.42 Å². The van der Waals surface area contributed by atoms with Gasteiger partial charge in [0, 0.05) is 12.6 Å². The highest BCUT2D eigenvalue weighted by Crippen LogP contribution is 2.05. The summed E-state index contributed by atoms with van der Waals surface area (Å²) >= 11 is 0. The molecule has 1 aliphatic rings. The Morgan fingerprint density at radius 2 is 2.23 bits per heavy atom. The molecule has 1 rings (SSSR count). The average Bonchev–Trinajstić information content (AvgIpc) is 2.52. The quantitative estimate of drug-likeness (QED) is 0.354. The Labute approximate surface area is 74.3 Å². The Balaban J connectivity index is 2.37. The van der Waals surface area contributed by atoms with Crippen LogP contribution in [0, 0.1) is 0 Å². The second-order valence-electron chi connectivity index (χ2n) is 2.86. The van der Waals surface area contributed by atoms with Gasteiger partial charge in [0.15, 0.2) is 0 Å². The second kappa shape index (κ2) is 3.99. The minimum atomic E-state index is -0.942. The highest BCUT2D eigenvalue weighted by atomic mass is 16.4. The van der Waals surface area contributed by atoms with Gasteiger partial charge >= 0.3 is 5.97 Å². The van der Waals surface area contributed by atoms with Crippen LogP contribution in [0.4, 0.5) is 0 Å². The molecule has 0 aromatic rings. The largest absolute Gasteiger partial charge is 0.480 e. The molecule has 0 aromatic carbocycles. The number of aliphatic carboxylic acids is 1. The van der Waals surface area contributed by atoms with Gasteiger partial charge in [0.2, 0.25) is 6.29 Å². The van der Waals surface area contributed by atoms with Gasteiger partial charge in [-0.15, -0.1) is 0 Å². The molecule has 1 aliphatic heterocycles. The maximum atomic E-state index is 10.6. The Morgan fingerprint density at radius 1 is 1.54 bits per heavy atom. The third-order valence-electron chi connectivity index (χ3n) is 1.88. The molecule has 0 radical (unpaired) electrons. The maximum Gasteiger partial charge on any atom is 0.320 e. The first-order valence-electron chi connectivity index (χ1n) is 3.85.